The smallest absolute Gasteiger partial charge is 0.239 e. The first kappa shape index (κ1) is 17.3. The Labute approximate surface area is 127 Å². The number of carbonyl (C=O) groups excluding carboxylic acids is 1. The second-order valence-electron chi connectivity index (χ2n) is 5.25. The highest BCUT2D eigenvalue weighted by molar-refractivity contribution is 5.80. The van der Waals surface area contributed by atoms with Gasteiger partial charge in [0.2, 0.25) is 5.91 Å². The summed E-state index contributed by atoms with van der Waals surface area (Å²) in [6, 6.07) is 7.64. The third-order valence-electron chi connectivity index (χ3n) is 2.90. The van der Waals surface area contributed by atoms with Gasteiger partial charge < -0.3 is 20.1 Å². The van der Waals surface area contributed by atoms with E-state index in [0.717, 1.165) is 24.5 Å². The Balaban J connectivity index is 2.25. The fourth-order valence-corrected chi connectivity index (χ4v) is 1.62. The van der Waals surface area contributed by atoms with Crippen molar-refractivity contribution in [1.29, 1.82) is 0 Å². The molecule has 0 bridgehead atoms. The van der Waals surface area contributed by atoms with Gasteiger partial charge in [0.05, 0.1) is 19.8 Å². The minimum atomic E-state index is -0.0516. The Kier molecular flexibility index (Phi) is 8.28. The number of nitrogens with one attached hydrogen (secondary N) is 2. The van der Waals surface area contributed by atoms with Gasteiger partial charge in [-0.3, -0.25) is 4.79 Å². The van der Waals surface area contributed by atoms with Crippen LogP contribution in [0.1, 0.15) is 20.3 Å². The van der Waals surface area contributed by atoms with E-state index in [9.17, 15) is 4.79 Å². The summed E-state index contributed by atoms with van der Waals surface area (Å²) in [6.07, 6.45) is 1.04. The molecule has 0 aliphatic carbocycles. The molecule has 0 unspecified atom stereocenters. The zero-order chi connectivity index (χ0) is 15.5. The lowest BCUT2D eigenvalue weighted by Gasteiger charge is -2.10. The van der Waals surface area contributed by atoms with Gasteiger partial charge in [-0.15, -0.1) is 0 Å². The van der Waals surface area contributed by atoms with Gasteiger partial charge in [-0.2, -0.15) is 0 Å². The molecule has 0 fully saturated rings. The summed E-state index contributed by atoms with van der Waals surface area (Å²) in [5.41, 5.74) is 0.896. The van der Waals surface area contributed by atoms with Gasteiger partial charge >= 0.3 is 0 Å². The van der Waals surface area contributed by atoms with Gasteiger partial charge in [-0.25, -0.2) is 0 Å². The Bertz CT molecular complexity index is 404. The fraction of sp³-hybridized carbons (Fsp3) is 0.562. The molecule has 0 aromatic heterocycles. The van der Waals surface area contributed by atoms with Crippen LogP contribution in [0, 0.1) is 5.92 Å². The van der Waals surface area contributed by atoms with E-state index < -0.39 is 0 Å². The number of ether oxygens (including phenoxy) is 2. The van der Waals surface area contributed by atoms with E-state index in [1.54, 1.807) is 7.11 Å². The molecule has 118 valence electrons. The molecule has 5 nitrogen and oxygen atoms in total. The second-order valence-corrected chi connectivity index (χ2v) is 5.25. The highest BCUT2D eigenvalue weighted by atomic mass is 16.5. The number of hydrogen-bond donors (Lipinski definition) is 2. The lowest BCUT2D eigenvalue weighted by molar-refractivity contribution is -0.119. The van der Waals surface area contributed by atoms with Crippen LogP contribution in [0.5, 0.6) is 5.75 Å². The first-order valence-corrected chi connectivity index (χ1v) is 7.34. The first-order valence-electron chi connectivity index (χ1n) is 7.34. The van der Waals surface area contributed by atoms with Crippen molar-refractivity contribution in [3.63, 3.8) is 0 Å². The Morgan fingerprint density at radius 1 is 1.19 bits per heavy atom. The highest BCUT2D eigenvalue weighted by Crippen LogP contribution is 2.16. The van der Waals surface area contributed by atoms with Gasteiger partial charge in [0.15, 0.2) is 0 Å². The second kappa shape index (κ2) is 10.0. The van der Waals surface area contributed by atoms with Gasteiger partial charge in [0.25, 0.3) is 0 Å². The molecule has 1 aromatic rings. The molecule has 0 heterocycles. The zero-order valence-corrected chi connectivity index (χ0v) is 13.1. The van der Waals surface area contributed by atoms with Gasteiger partial charge in [0, 0.05) is 19.3 Å². The first-order chi connectivity index (χ1) is 10.1. The molecule has 0 aliphatic rings. The predicted octanol–water partition coefficient (Wildman–Crippen LogP) is 2.29. The van der Waals surface area contributed by atoms with Gasteiger partial charge in [-0.05, 0) is 36.6 Å². The SMILES string of the molecule is COCCNC(=O)CNc1ccc(OCCC(C)C)cc1. The molecule has 0 saturated carbocycles. The van der Waals surface area contributed by atoms with Crippen LogP contribution in [-0.4, -0.2) is 39.3 Å². The molecule has 0 radical (unpaired) electrons. The molecule has 0 aliphatic heterocycles. The number of rotatable bonds is 10. The van der Waals surface area contributed by atoms with Crippen molar-refractivity contribution in [2.24, 2.45) is 5.92 Å². The van der Waals surface area contributed by atoms with Crippen LogP contribution in [0.4, 0.5) is 5.69 Å². The molecular formula is C16H26N2O3. The van der Waals surface area contributed by atoms with Crippen LogP contribution in [0.2, 0.25) is 0 Å². The number of anilines is 1. The van der Waals surface area contributed by atoms with E-state index in [4.69, 9.17) is 9.47 Å². The average Bonchev–Trinajstić information content (AvgIpc) is 2.46. The van der Waals surface area contributed by atoms with Crippen molar-refractivity contribution in [2.75, 3.05) is 38.7 Å². The summed E-state index contributed by atoms with van der Waals surface area (Å²) >= 11 is 0. The summed E-state index contributed by atoms with van der Waals surface area (Å²) in [5.74, 6) is 1.44. The summed E-state index contributed by atoms with van der Waals surface area (Å²) in [4.78, 5) is 11.5. The Morgan fingerprint density at radius 2 is 1.90 bits per heavy atom. The lowest BCUT2D eigenvalue weighted by atomic mass is 10.1. The largest absolute Gasteiger partial charge is 0.494 e. The molecule has 21 heavy (non-hydrogen) atoms. The van der Waals surface area contributed by atoms with E-state index in [-0.39, 0.29) is 12.5 Å². The van der Waals surface area contributed by atoms with E-state index >= 15 is 0 Å². The normalized spacial score (nSPS) is 10.5. The topological polar surface area (TPSA) is 59.6 Å². The molecule has 2 N–H and O–H groups in total. The number of carbonyl (C=O) groups is 1. The number of amides is 1. The van der Waals surface area contributed by atoms with Crippen LogP contribution >= 0.6 is 0 Å². The van der Waals surface area contributed by atoms with Crippen molar-refractivity contribution >= 4 is 11.6 Å². The standard InChI is InChI=1S/C16H26N2O3/c1-13(2)8-10-21-15-6-4-14(5-7-15)18-12-16(19)17-9-11-20-3/h4-7,13,18H,8-12H2,1-3H3,(H,17,19). The monoisotopic (exact) mass is 294 g/mol. The summed E-state index contributed by atoms with van der Waals surface area (Å²) in [5, 5.41) is 5.82. The van der Waals surface area contributed by atoms with Crippen LogP contribution in [0.15, 0.2) is 24.3 Å². The van der Waals surface area contributed by atoms with Crippen LogP contribution in [0.25, 0.3) is 0 Å². The fourth-order valence-electron chi connectivity index (χ4n) is 1.62. The van der Waals surface area contributed by atoms with Crippen LogP contribution < -0.4 is 15.4 Å². The van der Waals surface area contributed by atoms with Crippen LogP contribution in [0.3, 0.4) is 0 Å². The summed E-state index contributed by atoms with van der Waals surface area (Å²) in [6.45, 7) is 6.37. The third kappa shape index (κ3) is 8.19. The number of hydrogen-bond acceptors (Lipinski definition) is 4. The van der Waals surface area contributed by atoms with Crippen molar-refractivity contribution in [3.05, 3.63) is 24.3 Å². The molecule has 1 amide bonds. The van der Waals surface area contributed by atoms with E-state index in [2.05, 4.69) is 24.5 Å². The zero-order valence-electron chi connectivity index (χ0n) is 13.1. The predicted molar refractivity (Wildman–Crippen MR) is 84.8 cm³/mol. The Hall–Kier alpha value is -1.75. The van der Waals surface area contributed by atoms with Crippen molar-refractivity contribution in [2.45, 2.75) is 20.3 Å². The number of methoxy groups -OCH3 is 1. The van der Waals surface area contributed by atoms with E-state index in [0.29, 0.717) is 19.1 Å². The van der Waals surface area contributed by atoms with Crippen molar-refractivity contribution in [1.82, 2.24) is 5.32 Å². The Morgan fingerprint density at radius 3 is 2.52 bits per heavy atom. The molecule has 0 atom stereocenters. The lowest BCUT2D eigenvalue weighted by Crippen LogP contribution is -2.32. The highest BCUT2D eigenvalue weighted by Gasteiger charge is 2.01. The maximum Gasteiger partial charge on any atom is 0.239 e. The van der Waals surface area contributed by atoms with E-state index in [1.807, 2.05) is 24.3 Å². The summed E-state index contributed by atoms with van der Waals surface area (Å²) < 4.78 is 10.5. The van der Waals surface area contributed by atoms with Crippen LogP contribution in [-0.2, 0) is 9.53 Å². The van der Waals surface area contributed by atoms with Crippen molar-refractivity contribution < 1.29 is 14.3 Å². The molecule has 1 aromatic carbocycles. The maximum atomic E-state index is 11.5. The average molecular weight is 294 g/mol. The van der Waals surface area contributed by atoms with Crippen molar-refractivity contribution in [3.8, 4) is 5.75 Å². The van der Waals surface area contributed by atoms with Gasteiger partial charge in [0.1, 0.15) is 5.75 Å². The molecule has 0 spiro atoms. The quantitative estimate of drug-likeness (QED) is 0.650. The third-order valence-corrected chi connectivity index (χ3v) is 2.90. The van der Waals surface area contributed by atoms with E-state index in [1.165, 1.54) is 0 Å². The minimum Gasteiger partial charge on any atom is -0.494 e. The van der Waals surface area contributed by atoms with Gasteiger partial charge in [-0.1, -0.05) is 13.8 Å². The molecular weight excluding hydrogens is 268 g/mol. The minimum absolute atomic E-state index is 0.0516. The number of benzene rings is 1. The molecule has 5 heteroatoms. The maximum absolute atomic E-state index is 11.5. The molecule has 0 saturated heterocycles. The molecule has 1 rings (SSSR count). The summed E-state index contributed by atoms with van der Waals surface area (Å²) in [7, 11) is 1.61.